The first-order valence-electron chi connectivity index (χ1n) is 8.05. The van der Waals surface area contributed by atoms with E-state index in [0.717, 1.165) is 38.9 Å². The lowest BCUT2D eigenvalue weighted by atomic mass is 10.4. The van der Waals surface area contributed by atoms with Crippen LogP contribution in [-0.4, -0.2) is 101 Å². The number of carbonyl (C=O) groups excluding carboxylic acids is 1. The van der Waals surface area contributed by atoms with Gasteiger partial charge in [0.15, 0.2) is 0 Å². The Morgan fingerprint density at radius 2 is 1.33 bits per heavy atom. The first kappa shape index (κ1) is 20.3. The molecule has 1 fully saturated rings. The lowest BCUT2D eigenvalue weighted by molar-refractivity contribution is -0.127. The number of likely N-dealkylation sites (tertiary alicyclic amines) is 1. The number of hydrogen-bond acceptors (Lipinski definition) is 4. The predicted molar refractivity (Wildman–Crippen MR) is 90.7 cm³/mol. The maximum atomic E-state index is 11.2. The smallest absolute Gasteiger partial charge is 0.222 e. The standard InChI is InChI=1S/C9H18N2O.C7H18N2/c1-10(2)6-4-8-11-7-3-5-9(11)12;1-8(2)6-5-7-9(3)4/h3-8H2,1-2H3;5-7H2,1-4H3. The van der Waals surface area contributed by atoms with E-state index in [1.807, 2.05) is 4.90 Å². The van der Waals surface area contributed by atoms with Gasteiger partial charge in [0.1, 0.15) is 0 Å². The van der Waals surface area contributed by atoms with E-state index in [1.165, 1.54) is 19.5 Å². The van der Waals surface area contributed by atoms with Crippen LogP contribution in [-0.2, 0) is 4.79 Å². The van der Waals surface area contributed by atoms with Crippen LogP contribution < -0.4 is 0 Å². The summed E-state index contributed by atoms with van der Waals surface area (Å²) in [6.07, 6.45) is 4.18. The highest BCUT2D eigenvalue weighted by Gasteiger charge is 2.18. The molecule has 0 radical (unpaired) electrons. The van der Waals surface area contributed by atoms with Gasteiger partial charge in [0, 0.05) is 19.5 Å². The fourth-order valence-corrected chi connectivity index (χ4v) is 2.22. The summed E-state index contributed by atoms with van der Waals surface area (Å²) in [5.74, 6) is 0.341. The fourth-order valence-electron chi connectivity index (χ4n) is 2.22. The largest absolute Gasteiger partial charge is 0.343 e. The number of nitrogens with zero attached hydrogens (tertiary/aromatic N) is 4. The highest BCUT2D eigenvalue weighted by atomic mass is 16.2. The van der Waals surface area contributed by atoms with E-state index in [9.17, 15) is 4.79 Å². The molecule has 5 heteroatoms. The van der Waals surface area contributed by atoms with E-state index in [2.05, 4.69) is 57.0 Å². The summed E-state index contributed by atoms with van der Waals surface area (Å²) in [5, 5.41) is 0. The second-order valence-corrected chi connectivity index (χ2v) is 6.60. The zero-order valence-corrected chi connectivity index (χ0v) is 15.1. The Morgan fingerprint density at radius 3 is 1.71 bits per heavy atom. The first-order chi connectivity index (χ1) is 9.82. The van der Waals surface area contributed by atoms with E-state index in [1.54, 1.807) is 0 Å². The molecule has 0 spiro atoms. The molecule has 21 heavy (non-hydrogen) atoms. The summed E-state index contributed by atoms with van der Waals surface area (Å²) in [5.41, 5.74) is 0. The molecule has 1 saturated heterocycles. The molecule has 0 atom stereocenters. The van der Waals surface area contributed by atoms with Gasteiger partial charge in [-0.3, -0.25) is 4.79 Å². The molecule has 1 rings (SSSR count). The molecule has 0 aromatic carbocycles. The van der Waals surface area contributed by atoms with Crippen LogP contribution in [0.1, 0.15) is 25.7 Å². The van der Waals surface area contributed by atoms with Crippen molar-refractivity contribution >= 4 is 5.91 Å². The Morgan fingerprint density at radius 1 is 0.857 bits per heavy atom. The molecule has 0 aromatic rings. The number of rotatable bonds is 8. The van der Waals surface area contributed by atoms with E-state index in [0.29, 0.717) is 5.91 Å². The van der Waals surface area contributed by atoms with Gasteiger partial charge in [-0.25, -0.2) is 0 Å². The van der Waals surface area contributed by atoms with Crippen molar-refractivity contribution < 1.29 is 4.79 Å². The quantitative estimate of drug-likeness (QED) is 0.670. The van der Waals surface area contributed by atoms with Crippen LogP contribution >= 0.6 is 0 Å². The van der Waals surface area contributed by atoms with Gasteiger partial charge >= 0.3 is 0 Å². The maximum absolute atomic E-state index is 11.2. The normalized spacial score (nSPS) is 15.1. The first-order valence-corrected chi connectivity index (χ1v) is 8.05. The van der Waals surface area contributed by atoms with Crippen molar-refractivity contribution in [3.8, 4) is 0 Å². The molecule has 0 aliphatic carbocycles. The maximum Gasteiger partial charge on any atom is 0.222 e. The molecule has 0 N–H and O–H groups in total. The molecule has 5 nitrogen and oxygen atoms in total. The van der Waals surface area contributed by atoms with Gasteiger partial charge in [-0.15, -0.1) is 0 Å². The second kappa shape index (κ2) is 12.0. The average molecular weight is 300 g/mol. The fraction of sp³-hybridized carbons (Fsp3) is 0.938. The van der Waals surface area contributed by atoms with Gasteiger partial charge < -0.3 is 19.6 Å². The summed E-state index contributed by atoms with van der Waals surface area (Å²) in [6.45, 7) is 5.38. The Kier molecular flexibility index (Phi) is 11.6. The van der Waals surface area contributed by atoms with Crippen LogP contribution in [0.25, 0.3) is 0 Å². The van der Waals surface area contributed by atoms with Gasteiger partial charge in [0.25, 0.3) is 0 Å². The number of hydrogen-bond donors (Lipinski definition) is 0. The highest BCUT2D eigenvalue weighted by Crippen LogP contribution is 2.09. The molecule has 0 bridgehead atoms. The lowest BCUT2D eigenvalue weighted by Crippen LogP contribution is -2.28. The molecule has 1 heterocycles. The van der Waals surface area contributed by atoms with Crippen molar-refractivity contribution in [2.24, 2.45) is 0 Å². The Labute approximate surface area is 131 Å². The summed E-state index contributed by atoms with van der Waals surface area (Å²) >= 11 is 0. The molecule has 0 saturated carbocycles. The van der Waals surface area contributed by atoms with Crippen LogP contribution in [0.5, 0.6) is 0 Å². The third kappa shape index (κ3) is 12.8. The summed E-state index contributed by atoms with van der Waals surface area (Å²) in [4.78, 5) is 19.7. The minimum atomic E-state index is 0.341. The van der Waals surface area contributed by atoms with Crippen molar-refractivity contribution in [3.63, 3.8) is 0 Å². The van der Waals surface area contributed by atoms with Gasteiger partial charge in [0.2, 0.25) is 5.91 Å². The van der Waals surface area contributed by atoms with E-state index >= 15 is 0 Å². The van der Waals surface area contributed by atoms with E-state index in [-0.39, 0.29) is 0 Å². The molecule has 1 aliphatic heterocycles. The summed E-state index contributed by atoms with van der Waals surface area (Å²) < 4.78 is 0. The van der Waals surface area contributed by atoms with Crippen LogP contribution in [0.2, 0.25) is 0 Å². The minimum absolute atomic E-state index is 0.341. The number of amides is 1. The summed E-state index contributed by atoms with van der Waals surface area (Å²) in [7, 11) is 12.5. The van der Waals surface area contributed by atoms with Crippen molar-refractivity contribution in [2.75, 3.05) is 75.0 Å². The van der Waals surface area contributed by atoms with Gasteiger partial charge in [0.05, 0.1) is 0 Å². The van der Waals surface area contributed by atoms with Gasteiger partial charge in [-0.05, 0) is 81.2 Å². The van der Waals surface area contributed by atoms with Crippen LogP contribution in [0.3, 0.4) is 0 Å². The molecule has 126 valence electrons. The Hall–Kier alpha value is -0.650. The predicted octanol–water partition coefficient (Wildman–Crippen LogP) is 1.06. The zero-order chi connectivity index (χ0) is 16.3. The Balaban J connectivity index is 0.000000400. The molecule has 1 amide bonds. The molecule has 1 aliphatic rings. The van der Waals surface area contributed by atoms with Crippen molar-refractivity contribution in [1.82, 2.24) is 19.6 Å². The van der Waals surface area contributed by atoms with E-state index < -0.39 is 0 Å². The molecular formula is C16H36N4O. The lowest BCUT2D eigenvalue weighted by Gasteiger charge is -2.16. The molecule has 0 unspecified atom stereocenters. The average Bonchev–Trinajstić information content (AvgIpc) is 2.74. The minimum Gasteiger partial charge on any atom is -0.343 e. The summed E-state index contributed by atoms with van der Waals surface area (Å²) in [6, 6.07) is 0. The third-order valence-corrected chi connectivity index (χ3v) is 3.42. The Bertz CT molecular complexity index is 259. The second-order valence-electron chi connectivity index (χ2n) is 6.60. The SMILES string of the molecule is CN(C)CCCN(C)C.CN(C)CCCN1CCCC1=O. The molecule has 0 aromatic heterocycles. The van der Waals surface area contributed by atoms with Crippen molar-refractivity contribution in [2.45, 2.75) is 25.7 Å². The van der Waals surface area contributed by atoms with Crippen LogP contribution in [0, 0.1) is 0 Å². The monoisotopic (exact) mass is 300 g/mol. The zero-order valence-electron chi connectivity index (χ0n) is 15.1. The van der Waals surface area contributed by atoms with Crippen LogP contribution in [0.15, 0.2) is 0 Å². The van der Waals surface area contributed by atoms with Gasteiger partial charge in [-0.2, -0.15) is 0 Å². The highest BCUT2D eigenvalue weighted by molar-refractivity contribution is 5.77. The van der Waals surface area contributed by atoms with E-state index in [4.69, 9.17) is 0 Å². The number of carbonyl (C=O) groups is 1. The van der Waals surface area contributed by atoms with Crippen LogP contribution in [0.4, 0.5) is 0 Å². The van der Waals surface area contributed by atoms with Gasteiger partial charge in [-0.1, -0.05) is 0 Å². The molecular weight excluding hydrogens is 264 g/mol. The topological polar surface area (TPSA) is 30.0 Å². The third-order valence-electron chi connectivity index (χ3n) is 3.42. The van der Waals surface area contributed by atoms with Crippen molar-refractivity contribution in [3.05, 3.63) is 0 Å². The van der Waals surface area contributed by atoms with Crippen molar-refractivity contribution in [1.29, 1.82) is 0 Å².